The number of carbonyl (C=O) groups is 1. The Labute approximate surface area is 190 Å². The van der Waals surface area contributed by atoms with Gasteiger partial charge >= 0.3 is 0 Å². The molecule has 1 N–H and O–H groups in total. The van der Waals surface area contributed by atoms with Crippen LogP contribution >= 0.6 is 11.6 Å². The number of amides is 1. The largest absolute Gasteiger partial charge is 0.379 e. The molecule has 0 aromatic heterocycles. The van der Waals surface area contributed by atoms with E-state index in [0.717, 1.165) is 56.2 Å². The maximum atomic E-state index is 13.1. The van der Waals surface area contributed by atoms with Gasteiger partial charge in [0, 0.05) is 37.7 Å². The summed E-state index contributed by atoms with van der Waals surface area (Å²) in [7, 11) is 0. The van der Waals surface area contributed by atoms with Gasteiger partial charge in [-0.3, -0.25) is 14.6 Å². The fourth-order valence-corrected chi connectivity index (χ4v) is 4.93. The van der Waals surface area contributed by atoms with Crippen LogP contribution in [-0.2, 0) is 16.1 Å². The molecule has 0 aliphatic carbocycles. The number of morpholine rings is 1. The number of hydrogen-bond acceptors (Lipinski definition) is 4. The van der Waals surface area contributed by atoms with Crippen molar-refractivity contribution in [3.05, 3.63) is 70.7 Å². The van der Waals surface area contributed by atoms with Gasteiger partial charge in [-0.15, -0.1) is 0 Å². The monoisotopic (exact) mass is 441 g/mol. The summed E-state index contributed by atoms with van der Waals surface area (Å²) < 4.78 is 5.53. The SMILES string of the molecule is O=C(NCC(c1ccccc1Cl)N1CCOCC1)C1CCCN(Cc2ccccc2)C1. The highest BCUT2D eigenvalue weighted by atomic mass is 35.5. The Bertz CT molecular complexity index is 842. The molecule has 2 aliphatic heterocycles. The average Bonchev–Trinajstić information content (AvgIpc) is 2.82. The number of likely N-dealkylation sites (tertiary alicyclic amines) is 1. The van der Waals surface area contributed by atoms with E-state index in [1.165, 1.54) is 5.56 Å². The van der Waals surface area contributed by atoms with E-state index >= 15 is 0 Å². The predicted octanol–water partition coefficient (Wildman–Crippen LogP) is 3.74. The molecule has 2 heterocycles. The molecule has 2 saturated heterocycles. The molecule has 0 bridgehead atoms. The third kappa shape index (κ3) is 6.07. The van der Waals surface area contributed by atoms with Crippen molar-refractivity contribution < 1.29 is 9.53 Å². The number of nitrogens with one attached hydrogen (secondary N) is 1. The maximum Gasteiger partial charge on any atom is 0.224 e. The minimum absolute atomic E-state index is 0.0362. The first-order valence-corrected chi connectivity index (χ1v) is 11.7. The van der Waals surface area contributed by atoms with E-state index in [2.05, 4.69) is 45.4 Å². The third-order valence-corrected chi connectivity index (χ3v) is 6.69. The van der Waals surface area contributed by atoms with Gasteiger partial charge in [0.25, 0.3) is 0 Å². The molecule has 6 heteroatoms. The third-order valence-electron chi connectivity index (χ3n) is 6.35. The Morgan fingerprint density at radius 1 is 1.06 bits per heavy atom. The lowest BCUT2D eigenvalue weighted by Gasteiger charge is -2.36. The number of ether oxygens (including phenoxy) is 1. The fraction of sp³-hybridized carbons (Fsp3) is 0.480. The van der Waals surface area contributed by atoms with Crippen molar-refractivity contribution >= 4 is 17.5 Å². The molecule has 2 unspecified atom stereocenters. The summed E-state index contributed by atoms with van der Waals surface area (Å²) in [5.74, 6) is 0.192. The van der Waals surface area contributed by atoms with Crippen molar-refractivity contribution in [2.75, 3.05) is 45.9 Å². The average molecular weight is 442 g/mol. The smallest absolute Gasteiger partial charge is 0.224 e. The van der Waals surface area contributed by atoms with E-state index in [9.17, 15) is 4.79 Å². The van der Waals surface area contributed by atoms with Crippen molar-refractivity contribution in [2.45, 2.75) is 25.4 Å². The number of benzene rings is 2. The fourth-order valence-electron chi connectivity index (χ4n) is 4.67. The number of hydrogen-bond donors (Lipinski definition) is 1. The maximum absolute atomic E-state index is 13.1. The second-order valence-corrected chi connectivity index (χ2v) is 8.90. The second kappa shape index (κ2) is 11.1. The second-order valence-electron chi connectivity index (χ2n) is 8.49. The van der Waals surface area contributed by atoms with E-state index in [-0.39, 0.29) is 17.9 Å². The number of carbonyl (C=O) groups excluding carboxylic acids is 1. The van der Waals surface area contributed by atoms with Crippen molar-refractivity contribution in [1.29, 1.82) is 0 Å². The van der Waals surface area contributed by atoms with Crippen molar-refractivity contribution in [3.63, 3.8) is 0 Å². The zero-order valence-electron chi connectivity index (χ0n) is 18.0. The van der Waals surface area contributed by atoms with E-state index in [4.69, 9.17) is 16.3 Å². The molecule has 2 aromatic carbocycles. The molecule has 2 aliphatic rings. The molecule has 2 fully saturated rings. The van der Waals surface area contributed by atoms with Crippen LogP contribution < -0.4 is 5.32 Å². The van der Waals surface area contributed by atoms with Crippen LogP contribution in [0.1, 0.15) is 30.0 Å². The number of nitrogens with zero attached hydrogens (tertiary/aromatic N) is 2. The Balaban J connectivity index is 1.37. The first-order chi connectivity index (χ1) is 15.2. The van der Waals surface area contributed by atoms with Crippen molar-refractivity contribution in [2.24, 2.45) is 5.92 Å². The van der Waals surface area contributed by atoms with Crippen LogP contribution in [0.15, 0.2) is 54.6 Å². The zero-order chi connectivity index (χ0) is 21.5. The highest BCUT2D eigenvalue weighted by molar-refractivity contribution is 6.31. The first-order valence-electron chi connectivity index (χ1n) is 11.3. The topological polar surface area (TPSA) is 44.8 Å². The molecular formula is C25H32ClN3O2. The molecule has 31 heavy (non-hydrogen) atoms. The molecular weight excluding hydrogens is 410 g/mol. The number of piperidine rings is 1. The van der Waals surface area contributed by atoms with Crippen molar-refractivity contribution in [1.82, 2.24) is 15.1 Å². The predicted molar refractivity (Wildman–Crippen MR) is 124 cm³/mol. The Kier molecular flexibility index (Phi) is 7.97. The van der Waals surface area contributed by atoms with E-state index < -0.39 is 0 Å². The van der Waals surface area contributed by atoms with Crippen LogP contribution in [-0.4, -0.2) is 61.6 Å². The van der Waals surface area contributed by atoms with Crippen LogP contribution in [0.25, 0.3) is 0 Å². The molecule has 4 rings (SSSR count). The summed E-state index contributed by atoms with van der Waals surface area (Å²) in [4.78, 5) is 17.9. The van der Waals surface area contributed by atoms with Gasteiger partial charge in [-0.2, -0.15) is 0 Å². The van der Waals surface area contributed by atoms with Crippen LogP contribution in [0.2, 0.25) is 5.02 Å². The Morgan fingerprint density at radius 2 is 1.81 bits per heavy atom. The molecule has 166 valence electrons. The highest BCUT2D eigenvalue weighted by Crippen LogP contribution is 2.28. The Morgan fingerprint density at radius 3 is 2.58 bits per heavy atom. The van der Waals surface area contributed by atoms with E-state index in [1.807, 2.05) is 24.3 Å². The van der Waals surface area contributed by atoms with Crippen LogP contribution in [0.5, 0.6) is 0 Å². The van der Waals surface area contributed by atoms with Gasteiger partial charge < -0.3 is 10.1 Å². The lowest BCUT2D eigenvalue weighted by atomic mass is 9.96. The van der Waals surface area contributed by atoms with Gasteiger partial charge in [-0.1, -0.05) is 60.1 Å². The van der Waals surface area contributed by atoms with Crippen LogP contribution in [0.4, 0.5) is 0 Å². The molecule has 0 radical (unpaired) electrons. The van der Waals surface area contributed by atoms with Gasteiger partial charge in [0.15, 0.2) is 0 Å². The molecule has 5 nitrogen and oxygen atoms in total. The highest BCUT2D eigenvalue weighted by Gasteiger charge is 2.29. The van der Waals surface area contributed by atoms with Crippen LogP contribution in [0.3, 0.4) is 0 Å². The quantitative estimate of drug-likeness (QED) is 0.710. The number of halogens is 1. The van der Waals surface area contributed by atoms with E-state index in [0.29, 0.717) is 19.8 Å². The Hall–Kier alpha value is -1.92. The van der Waals surface area contributed by atoms with Gasteiger partial charge in [-0.05, 0) is 36.6 Å². The van der Waals surface area contributed by atoms with Crippen LogP contribution in [0, 0.1) is 5.92 Å². The normalized spacial score (nSPS) is 21.5. The van der Waals surface area contributed by atoms with Gasteiger partial charge in [0.2, 0.25) is 5.91 Å². The standard InChI is InChI=1S/C25H32ClN3O2/c26-23-11-5-4-10-22(23)24(29-13-15-31-16-14-29)17-27-25(30)21-9-6-12-28(19-21)18-20-7-2-1-3-8-20/h1-5,7-8,10-11,21,24H,6,9,12-19H2,(H,27,30). The minimum atomic E-state index is 0.0362. The van der Waals surface area contributed by atoms with Gasteiger partial charge in [-0.25, -0.2) is 0 Å². The molecule has 0 spiro atoms. The first kappa shape index (κ1) is 22.3. The summed E-state index contributed by atoms with van der Waals surface area (Å²) in [5, 5.41) is 4.00. The molecule has 0 saturated carbocycles. The summed E-state index contributed by atoms with van der Waals surface area (Å²) in [6, 6.07) is 18.5. The summed E-state index contributed by atoms with van der Waals surface area (Å²) >= 11 is 6.52. The summed E-state index contributed by atoms with van der Waals surface area (Å²) in [5.41, 5.74) is 2.37. The molecule has 1 amide bonds. The van der Waals surface area contributed by atoms with Gasteiger partial charge in [0.1, 0.15) is 0 Å². The summed E-state index contributed by atoms with van der Waals surface area (Å²) in [6.07, 6.45) is 2.01. The lowest BCUT2D eigenvalue weighted by Crippen LogP contribution is -2.47. The lowest BCUT2D eigenvalue weighted by molar-refractivity contribution is -0.127. The molecule has 2 atom stereocenters. The van der Waals surface area contributed by atoms with E-state index in [1.54, 1.807) is 0 Å². The van der Waals surface area contributed by atoms with Gasteiger partial charge in [0.05, 0.1) is 25.2 Å². The number of rotatable bonds is 7. The molecule has 2 aromatic rings. The van der Waals surface area contributed by atoms with Crippen molar-refractivity contribution in [3.8, 4) is 0 Å². The minimum Gasteiger partial charge on any atom is -0.379 e. The zero-order valence-corrected chi connectivity index (χ0v) is 18.8. The summed E-state index contributed by atoms with van der Waals surface area (Å²) in [6.45, 7) is 6.46.